The summed E-state index contributed by atoms with van der Waals surface area (Å²) in [6.07, 6.45) is 6.96. The third kappa shape index (κ3) is 2.92. The second kappa shape index (κ2) is 5.71. The van der Waals surface area contributed by atoms with Crippen molar-refractivity contribution in [1.29, 1.82) is 0 Å². The van der Waals surface area contributed by atoms with E-state index in [0.717, 1.165) is 0 Å². The largest absolute Gasteiger partial charge is 0.481 e. The molecular formula is C13H19BrN2O. The van der Waals surface area contributed by atoms with Crippen molar-refractivity contribution in [1.82, 2.24) is 4.98 Å². The van der Waals surface area contributed by atoms with Gasteiger partial charge in [0.1, 0.15) is 0 Å². The molecule has 1 heterocycles. The van der Waals surface area contributed by atoms with E-state index in [1.165, 1.54) is 31.4 Å². The zero-order chi connectivity index (χ0) is 12.3. The minimum atomic E-state index is 0.566. The van der Waals surface area contributed by atoms with Crippen LogP contribution in [0.1, 0.15) is 25.7 Å². The SMILES string of the molecule is COc1cc(N(C)C2CCCCC2Br)ccn1. The second-order valence-corrected chi connectivity index (χ2v) is 5.71. The molecular weight excluding hydrogens is 280 g/mol. The number of nitrogens with zero attached hydrogens (tertiary/aromatic N) is 2. The normalized spacial score (nSPS) is 24.4. The lowest BCUT2D eigenvalue weighted by Crippen LogP contribution is -2.40. The fourth-order valence-corrected chi connectivity index (χ4v) is 3.37. The van der Waals surface area contributed by atoms with Crippen molar-refractivity contribution in [3.63, 3.8) is 0 Å². The van der Waals surface area contributed by atoms with Crippen molar-refractivity contribution in [3.8, 4) is 5.88 Å². The van der Waals surface area contributed by atoms with Gasteiger partial charge in [-0.15, -0.1) is 0 Å². The van der Waals surface area contributed by atoms with Crippen molar-refractivity contribution in [2.24, 2.45) is 0 Å². The van der Waals surface area contributed by atoms with Crippen LogP contribution < -0.4 is 9.64 Å². The summed E-state index contributed by atoms with van der Waals surface area (Å²) < 4.78 is 5.17. The summed E-state index contributed by atoms with van der Waals surface area (Å²) in [5.41, 5.74) is 1.17. The molecule has 1 aromatic rings. The Bertz CT molecular complexity index is 372. The predicted octanol–water partition coefficient (Wildman–Crippen LogP) is 3.23. The Morgan fingerprint density at radius 3 is 2.88 bits per heavy atom. The lowest BCUT2D eigenvalue weighted by molar-refractivity contribution is 0.397. The van der Waals surface area contributed by atoms with Crippen LogP contribution in [-0.2, 0) is 0 Å². The third-order valence-corrected chi connectivity index (χ3v) is 4.55. The maximum Gasteiger partial charge on any atom is 0.214 e. The van der Waals surface area contributed by atoms with Gasteiger partial charge in [-0.2, -0.15) is 0 Å². The Morgan fingerprint density at radius 1 is 1.41 bits per heavy atom. The third-order valence-electron chi connectivity index (χ3n) is 3.48. The quantitative estimate of drug-likeness (QED) is 0.801. The number of rotatable bonds is 3. The monoisotopic (exact) mass is 298 g/mol. The number of hydrogen-bond acceptors (Lipinski definition) is 3. The van der Waals surface area contributed by atoms with Gasteiger partial charge >= 0.3 is 0 Å². The van der Waals surface area contributed by atoms with Crippen LogP contribution >= 0.6 is 15.9 Å². The van der Waals surface area contributed by atoms with Gasteiger partial charge in [-0.05, 0) is 18.9 Å². The Morgan fingerprint density at radius 2 is 2.18 bits per heavy atom. The Kier molecular flexibility index (Phi) is 4.26. The average Bonchev–Trinajstić information content (AvgIpc) is 2.38. The van der Waals surface area contributed by atoms with E-state index >= 15 is 0 Å². The molecule has 3 nitrogen and oxygen atoms in total. The maximum absolute atomic E-state index is 5.17. The number of pyridine rings is 1. The topological polar surface area (TPSA) is 25.4 Å². The van der Waals surface area contributed by atoms with E-state index in [2.05, 4.69) is 32.9 Å². The summed E-state index contributed by atoms with van der Waals surface area (Å²) in [6.45, 7) is 0. The number of anilines is 1. The van der Waals surface area contributed by atoms with Gasteiger partial charge in [0.25, 0.3) is 0 Å². The van der Waals surface area contributed by atoms with Gasteiger partial charge in [0.15, 0.2) is 0 Å². The van der Waals surface area contributed by atoms with Crippen LogP contribution in [0.2, 0.25) is 0 Å². The zero-order valence-electron chi connectivity index (χ0n) is 10.4. The number of ether oxygens (including phenoxy) is 1. The van der Waals surface area contributed by atoms with Gasteiger partial charge in [0.2, 0.25) is 5.88 Å². The molecule has 1 aliphatic carbocycles. The number of methoxy groups -OCH3 is 1. The molecule has 0 spiro atoms. The van der Waals surface area contributed by atoms with Gasteiger partial charge < -0.3 is 9.64 Å². The van der Waals surface area contributed by atoms with Crippen LogP contribution in [0.5, 0.6) is 5.88 Å². The summed E-state index contributed by atoms with van der Waals surface area (Å²) in [6, 6.07) is 4.60. The highest BCUT2D eigenvalue weighted by atomic mass is 79.9. The average molecular weight is 299 g/mol. The molecule has 1 saturated carbocycles. The van der Waals surface area contributed by atoms with E-state index in [1.54, 1.807) is 13.3 Å². The highest BCUT2D eigenvalue weighted by molar-refractivity contribution is 9.09. The number of aromatic nitrogens is 1. The first kappa shape index (κ1) is 12.7. The molecule has 4 heteroatoms. The van der Waals surface area contributed by atoms with E-state index in [0.29, 0.717) is 16.7 Å². The smallest absolute Gasteiger partial charge is 0.214 e. The first-order chi connectivity index (χ1) is 8.22. The second-order valence-electron chi connectivity index (χ2n) is 4.54. The Labute approximate surface area is 111 Å². The molecule has 17 heavy (non-hydrogen) atoms. The molecule has 1 aliphatic rings. The molecule has 0 radical (unpaired) electrons. The Hall–Kier alpha value is -0.770. The summed E-state index contributed by atoms with van der Waals surface area (Å²) in [4.78, 5) is 7.06. The van der Waals surface area contributed by atoms with Gasteiger partial charge in [-0.25, -0.2) is 4.98 Å². The van der Waals surface area contributed by atoms with E-state index in [1.807, 2.05) is 12.1 Å². The lowest BCUT2D eigenvalue weighted by Gasteiger charge is -2.36. The molecule has 94 valence electrons. The summed E-state index contributed by atoms with van der Waals surface area (Å²) in [5, 5.41) is 0. The predicted molar refractivity (Wildman–Crippen MR) is 74.2 cm³/mol. The van der Waals surface area contributed by atoms with Crippen LogP contribution in [0.3, 0.4) is 0 Å². The maximum atomic E-state index is 5.17. The standard InChI is InChI=1S/C13H19BrN2O/c1-16(12-6-4-3-5-11(12)14)10-7-8-15-13(9-10)17-2/h7-9,11-12H,3-6H2,1-2H3. The minimum absolute atomic E-state index is 0.566. The molecule has 1 fully saturated rings. The van der Waals surface area contributed by atoms with Crippen LogP contribution in [0.15, 0.2) is 18.3 Å². The fourth-order valence-electron chi connectivity index (χ4n) is 2.42. The molecule has 0 aromatic carbocycles. The van der Waals surface area contributed by atoms with Crippen LogP contribution in [0.25, 0.3) is 0 Å². The number of hydrogen-bond donors (Lipinski definition) is 0. The summed E-state index contributed by atoms with van der Waals surface area (Å²) in [7, 11) is 3.80. The van der Waals surface area contributed by atoms with Crippen LogP contribution in [0, 0.1) is 0 Å². The van der Waals surface area contributed by atoms with Gasteiger partial charge in [0.05, 0.1) is 7.11 Å². The summed E-state index contributed by atoms with van der Waals surface area (Å²) >= 11 is 3.80. The van der Waals surface area contributed by atoms with Gasteiger partial charge in [-0.1, -0.05) is 28.8 Å². The van der Waals surface area contributed by atoms with Gasteiger partial charge in [-0.3, -0.25) is 0 Å². The first-order valence-corrected chi connectivity index (χ1v) is 7.01. The van der Waals surface area contributed by atoms with Gasteiger partial charge in [0, 0.05) is 35.9 Å². The molecule has 0 bridgehead atoms. The van der Waals surface area contributed by atoms with Crippen LogP contribution in [-0.4, -0.2) is 30.0 Å². The van der Waals surface area contributed by atoms with E-state index in [-0.39, 0.29) is 0 Å². The molecule has 0 N–H and O–H groups in total. The van der Waals surface area contributed by atoms with Crippen molar-refractivity contribution < 1.29 is 4.74 Å². The van der Waals surface area contributed by atoms with Crippen molar-refractivity contribution in [2.75, 3.05) is 19.1 Å². The van der Waals surface area contributed by atoms with Crippen molar-refractivity contribution in [2.45, 2.75) is 36.6 Å². The molecule has 2 rings (SSSR count). The zero-order valence-corrected chi connectivity index (χ0v) is 12.0. The molecule has 1 aromatic heterocycles. The van der Waals surface area contributed by atoms with Crippen molar-refractivity contribution in [3.05, 3.63) is 18.3 Å². The molecule has 0 saturated heterocycles. The van der Waals surface area contributed by atoms with Crippen LogP contribution in [0.4, 0.5) is 5.69 Å². The molecule has 0 amide bonds. The fraction of sp³-hybridized carbons (Fsp3) is 0.615. The van der Waals surface area contributed by atoms with E-state index in [9.17, 15) is 0 Å². The Balaban J connectivity index is 2.14. The lowest BCUT2D eigenvalue weighted by atomic mass is 9.94. The van der Waals surface area contributed by atoms with E-state index in [4.69, 9.17) is 4.74 Å². The molecule has 0 aliphatic heterocycles. The minimum Gasteiger partial charge on any atom is -0.481 e. The molecule has 2 unspecified atom stereocenters. The summed E-state index contributed by atoms with van der Waals surface area (Å²) in [5.74, 6) is 0.677. The number of halogens is 1. The molecule has 2 atom stereocenters. The van der Waals surface area contributed by atoms with Crippen molar-refractivity contribution >= 4 is 21.6 Å². The highest BCUT2D eigenvalue weighted by Crippen LogP contribution is 2.31. The first-order valence-electron chi connectivity index (χ1n) is 6.09. The number of alkyl halides is 1. The van der Waals surface area contributed by atoms with E-state index < -0.39 is 0 Å². The highest BCUT2D eigenvalue weighted by Gasteiger charge is 2.26.